The predicted molar refractivity (Wildman–Crippen MR) is 86.0 cm³/mol. The van der Waals surface area contributed by atoms with Gasteiger partial charge in [-0.3, -0.25) is 4.79 Å². The van der Waals surface area contributed by atoms with E-state index in [0.717, 1.165) is 25.1 Å². The van der Waals surface area contributed by atoms with Crippen molar-refractivity contribution in [1.82, 2.24) is 10.6 Å². The molecule has 2 N–H and O–H groups in total. The lowest BCUT2D eigenvalue weighted by Gasteiger charge is -2.34. The van der Waals surface area contributed by atoms with Gasteiger partial charge in [0.05, 0.1) is 0 Å². The molecule has 3 nitrogen and oxygen atoms in total. The molecule has 1 fully saturated rings. The van der Waals surface area contributed by atoms with Gasteiger partial charge in [0.2, 0.25) is 0 Å². The first kappa shape index (κ1) is 17.3. The van der Waals surface area contributed by atoms with Crippen molar-refractivity contribution in [3.63, 3.8) is 0 Å². The molecule has 2 rings (SSSR count). The highest BCUT2D eigenvalue weighted by molar-refractivity contribution is 6.30. The van der Waals surface area contributed by atoms with Gasteiger partial charge in [-0.05, 0) is 55.5 Å². The van der Waals surface area contributed by atoms with Gasteiger partial charge in [0, 0.05) is 23.7 Å². The molecule has 1 unspecified atom stereocenters. The van der Waals surface area contributed by atoms with Crippen LogP contribution in [0, 0.1) is 12.3 Å². The van der Waals surface area contributed by atoms with Gasteiger partial charge in [0.25, 0.3) is 5.91 Å². The molecule has 1 atom stereocenters. The molecule has 1 amide bonds. The molecule has 112 valence electrons. The maximum Gasteiger partial charge on any atom is 0.251 e. The fourth-order valence-corrected chi connectivity index (χ4v) is 2.77. The number of benzene rings is 1. The number of carbonyl (C=O) groups excluding carboxylic acids is 1. The van der Waals surface area contributed by atoms with Crippen LogP contribution in [0.2, 0.25) is 5.02 Å². The summed E-state index contributed by atoms with van der Waals surface area (Å²) >= 11 is 5.90. The molecule has 5 heteroatoms. The summed E-state index contributed by atoms with van der Waals surface area (Å²) in [7, 11) is 0. The van der Waals surface area contributed by atoms with Crippen molar-refractivity contribution < 1.29 is 4.79 Å². The molecule has 20 heavy (non-hydrogen) atoms. The lowest BCUT2D eigenvalue weighted by molar-refractivity contribution is 0.0924. The third-order valence-electron chi connectivity index (χ3n) is 3.79. The van der Waals surface area contributed by atoms with E-state index in [1.54, 1.807) is 12.1 Å². The van der Waals surface area contributed by atoms with Crippen LogP contribution in [0.15, 0.2) is 18.2 Å². The van der Waals surface area contributed by atoms with Crippen molar-refractivity contribution in [3.05, 3.63) is 34.3 Å². The fraction of sp³-hybridized carbons (Fsp3) is 0.533. The largest absolute Gasteiger partial charge is 0.351 e. The van der Waals surface area contributed by atoms with E-state index in [2.05, 4.69) is 17.6 Å². The highest BCUT2D eigenvalue weighted by Crippen LogP contribution is 2.24. The molecule has 0 spiro atoms. The molecule has 0 radical (unpaired) electrons. The Labute approximate surface area is 131 Å². The van der Waals surface area contributed by atoms with E-state index in [1.807, 2.05) is 13.0 Å². The average Bonchev–Trinajstić information content (AvgIpc) is 2.37. The summed E-state index contributed by atoms with van der Waals surface area (Å²) in [6.07, 6.45) is 2.33. The maximum atomic E-state index is 12.2. The lowest BCUT2D eigenvalue weighted by Crippen LogP contribution is -2.45. The highest BCUT2D eigenvalue weighted by Gasteiger charge is 2.27. The number of aryl methyl sites for hydroxylation is 1. The summed E-state index contributed by atoms with van der Waals surface area (Å²) in [5, 5.41) is 7.10. The molecule has 1 aliphatic rings. The monoisotopic (exact) mass is 316 g/mol. The standard InChI is InChI=1S/C15H21ClN2O.ClH/c1-11-8-12(16)4-5-13(11)14(19)18-10-15(2)6-3-7-17-9-15;/h4-5,8,17H,3,6-7,9-10H2,1-2H3,(H,18,19);1H. The summed E-state index contributed by atoms with van der Waals surface area (Å²) in [6, 6.07) is 5.36. The van der Waals surface area contributed by atoms with E-state index in [9.17, 15) is 4.79 Å². The Balaban J connectivity index is 0.00000200. The van der Waals surface area contributed by atoms with Crippen LogP contribution in [0.1, 0.15) is 35.7 Å². The Morgan fingerprint density at radius 2 is 2.25 bits per heavy atom. The van der Waals surface area contributed by atoms with Crippen LogP contribution in [-0.2, 0) is 0 Å². The molecule has 0 aromatic heterocycles. The van der Waals surface area contributed by atoms with Crippen molar-refractivity contribution in [2.24, 2.45) is 5.41 Å². The second-order valence-electron chi connectivity index (χ2n) is 5.73. The van der Waals surface area contributed by atoms with E-state index in [1.165, 1.54) is 6.42 Å². The predicted octanol–water partition coefficient (Wildman–Crippen LogP) is 3.19. The first-order valence-corrected chi connectivity index (χ1v) is 7.13. The first-order valence-electron chi connectivity index (χ1n) is 6.75. The molecular formula is C15H22Cl2N2O. The number of hydrogen-bond acceptors (Lipinski definition) is 2. The molecule has 1 aromatic carbocycles. The second-order valence-corrected chi connectivity index (χ2v) is 6.17. The minimum absolute atomic E-state index is 0. The van der Waals surface area contributed by atoms with Crippen LogP contribution < -0.4 is 10.6 Å². The van der Waals surface area contributed by atoms with Gasteiger partial charge in [-0.15, -0.1) is 12.4 Å². The number of carbonyl (C=O) groups is 1. The van der Waals surface area contributed by atoms with Crippen LogP contribution in [0.4, 0.5) is 0 Å². The lowest BCUT2D eigenvalue weighted by atomic mass is 9.83. The van der Waals surface area contributed by atoms with Crippen molar-refractivity contribution in [1.29, 1.82) is 0 Å². The van der Waals surface area contributed by atoms with Crippen molar-refractivity contribution in [2.45, 2.75) is 26.7 Å². The van der Waals surface area contributed by atoms with Crippen LogP contribution in [0.5, 0.6) is 0 Å². The van der Waals surface area contributed by atoms with Crippen molar-refractivity contribution in [2.75, 3.05) is 19.6 Å². The van der Waals surface area contributed by atoms with Gasteiger partial charge in [0.15, 0.2) is 0 Å². The highest BCUT2D eigenvalue weighted by atomic mass is 35.5. The Kier molecular flexibility index (Phi) is 6.31. The summed E-state index contributed by atoms with van der Waals surface area (Å²) in [6.45, 7) is 6.88. The van der Waals surface area contributed by atoms with Crippen molar-refractivity contribution in [3.8, 4) is 0 Å². The summed E-state index contributed by atoms with van der Waals surface area (Å²) < 4.78 is 0. The molecule has 1 aliphatic heterocycles. The smallest absolute Gasteiger partial charge is 0.251 e. The summed E-state index contributed by atoms with van der Waals surface area (Å²) in [4.78, 5) is 12.2. The summed E-state index contributed by atoms with van der Waals surface area (Å²) in [5.74, 6) is -0.0130. The minimum Gasteiger partial charge on any atom is -0.351 e. The minimum atomic E-state index is -0.0130. The van der Waals surface area contributed by atoms with E-state index >= 15 is 0 Å². The van der Waals surface area contributed by atoms with Crippen molar-refractivity contribution >= 4 is 29.9 Å². The van der Waals surface area contributed by atoms with Gasteiger partial charge in [0.1, 0.15) is 0 Å². The van der Waals surface area contributed by atoms with E-state index in [4.69, 9.17) is 11.6 Å². The third kappa shape index (κ3) is 4.37. The van der Waals surface area contributed by atoms with Gasteiger partial charge in [-0.2, -0.15) is 0 Å². The van der Waals surface area contributed by atoms with Gasteiger partial charge >= 0.3 is 0 Å². The zero-order valence-electron chi connectivity index (χ0n) is 12.0. The first-order chi connectivity index (χ1) is 9.00. The third-order valence-corrected chi connectivity index (χ3v) is 4.03. The quantitative estimate of drug-likeness (QED) is 0.899. The number of halogens is 2. The average molecular weight is 317 g/mol. The van der Waals surface area contributed by atoms with E-state index in [-0.39, 0.29) is 23.7 Å². The topological polar surface area (TPSA) is 41.1 Å². The number of piperidine rings is 1. The van der Waals surface area contributed by atoms with Crippen LogP contribution in [0.25, 0.3) is 0 Å². The van der Waals surface area contributed by atoms with E-state index < -0.39 is 0 Å². The molecule has 0 aliphatic carbocycles. The molecule has 1 aromatic rings. The fourth-order valence-electron chi connectivity index (χ4n) is 2.54. The zero-order chi connectivity index (χ0) is 13.9. The molecular weight excluding hydrogens is 295 g/mol. The molecule has 0 bridgehead atoms. The van der Waals surface area contributed by atoms with Crippen LogP contribution in [0.3, 0.4) is 0 Å². The molecule has 0 saturated carbocycles. The maximum absolute atomic E-state index is 12.2. The number of hydrogen-bond donors (Lipinski definition) is 2. The van der Waals surface area contributed by atoms with Gasteiger partial charge < -0.3 is 10.6 Å². The number of nitrogens with one attached hydrogen (secondary N) is 2. The normalized spacial score (nSPS) is 21.9. The van der Waals surface area contributed by atoms with Gasteiger partial charge in [-0.1, -0.05) is 18.5 Å². The van der Waals surface area contributed by atoms with E-state index in [0.29, 0.717) is 17.1 Å². The Morgan fingerprint density at radius 3 is 2.85 bits per heavy atom. The van der Waals surface area contributed by atoms with Crippen LogP contribution >= 0.6 is 24.0 Å². The Hall–Kier alpha value is -0.770. The Morgan fingerprint density at radius 1 is 1.50 bits per heavy atom. The number of rotatable bonds is 3. The molecule has 1 heterocycles. The summed E-state index contributed by atoms with van der Waals surface area (Å²) in [5.41, 5.74) is 1.78. The zero-order valence-corrected chi connectivity index (χ0v) is 13.5. The second kappa shape index (κ2) is 7.30. The van der Waals surface area contributed by atoms with Gasteiger partial charge in [-0.25, -0.2) is 0 Å². The molecule has 1 saturated heterocycles. The Bertz CT molecular complexity index is 471. The SMILES string of the molecule is Cc1cc(Cl)ccc1C(=O)NCC1(C)CCCNC1.Cl. The van der Waals surface area contributed by atoms with Crippen LogP contribution in [-0.4, -0.2) is 25.5 Å². The number of amides is 1.